The summed E-state index contributed by atoms with van der Waals surface area (Å²) in [6.45, 7) is 7.04. The first-order valence-corrected chi connectivity index (χ1v) is 10.0. The van der Waals surface area contributed by atoms with Crippen LogP contribution in [0.15, 0.2) is 83.8 Å². The lowest BCUT2D eigenvalue weighted by Gasteiger charge is -2.20. The lowest BCUT2D eigenvalue weighted by atomic mass is 10.3. The van der Waals surface area contributed by atoms with Gasteiger partial charge in [-0.1, -0.05) is 30.3 Å². The topological polar surface area (TPSA) is 82.9 Å². The van der Waals surface area contributed by atoms with Crippen molar-refractivity contribution < 1.29 is 13.2 Å². The predicted molar refractivity (Wildman–Crippen MR) is 114 cm³/mol. The summed E-state index contributed by atoms with van der Waals surface area (Å²) in [4.78, 5) is 15.4. The Morgan fingerprint density at radius 2 is 1.52 bits per heavy atom. The molecule has 3 rings (SSSR count). The maximum atomic E-state index is 12.8. The fraction of sp³-hybridized carbons (Fsp3) is 0.0476. The van der Waals surface area contributed by atoms with Gasteiger partial charge in [-0.15, -0.1) is 0 Å². The van der Waals surface area contributed by atoms with Crippen molar-refractivity contribution in [2.45, 2.75) is 4.90 Å². The van der Waals surface area contributed by atoms with Gasteiger partial charge < -0.3 is 10.6 Å². The molecule has 8 heteroatoms. The van der Waals surface area contributed by atoms with Crippen molar-refractivity contribution in [3.63, 3.8) is 0 Å². The van der Waals surface area contributed by atoms with E-state index in [4.69, 9.17) is 6.57 Å². The molecule has 0 saturated heterocycles. The van der Waals surface area contributed by atoms with Crippen molar-refractivity contribution in [2.75, 3.05) is 22.0 Å². The van der Waals surface area contributed by atoms with Gasteiger partial charge in [-0.3, -0.25) is 4.31 Å². The summed E-state index contributed by atoms with van der Waals surface area (Å²) < 4.78 is 26.7. The molecule has 146 valence electrons. The number of hydrogen-bond donors (Lipinski definition) is 2. The molecule has 2 amide bonds. The van der Waals surface area contributed by atoms with Crippen molar-refractivity contribution in [3.8, 4) is 0 Å². The Morgan fingerprint density at radius 1 is 0.897 bits per heavy atom. The zero-order valence-electron chi connectivity index (χ0n) is 15.5. The molecule has 0 saturated carbocycles. The van der Waals surface area contributed by atoms with Crippen LogP contribution in [0.1, 0.15) is 0 Å². The van der Waals surface area contributed by atoms with Crippen LogP contribution in [0.5, 0.6) is 0 Å². The van der Waals surface area contributed by atoms with Gasteiger partial charge in [0.2, 0.25) is 0 Å². The Balaban J connectivity index is 1.72. The minimum Gasteiger partial charge on any atom is -0.308 e. The summed E-state index contributed by atoms with van der Waals surface area (Å²) in [7, 11) is -2.38. The van der Waals surface area contributed by atoms with Crippen LogP contribution >= 0.6 is 0 Å². The highest BCUT2D eigenvalue weighted by molar-refractivity contribution is 7.92. The van der Waals surface area contributed by atoms with Gasteiger partial charge in [-0.2, -0.15) is 0 Å². The average molecular weight is 406 g/mol. The molecular formula is C21H18N4O3S. The third kappa shape index (κ3) is 4.72. The van der Waals surface area contributed by atoms with Gasteiger partial charge >= 0.3 is 6.03 Å². The SMILES string of the molecule is [C-]#[N+]c1cccc(S(=O)(=O)N(C)c2ccc(NC(=O)Nc3ccccc3)cc2)c1. The summed E-state index contributed by atoms with van der Waals surface area (Å²) in [5.41, 5.74) is 1.85. The highest BCUT2D eigenvalue weighted by atomic mass is 32.2. The number of rotatable bonds is 5. The highest BCUT2D eigenvalue weighted by Crippen LogP contribution is 2.26. The minimum atomic E-state index is -3.81. The van der Waals surface area contributed by atoms with Gasteiger partial charge in [0.15, 0.2) is 5.69 Å². The Bertz CT molecular complexity index is 1150. The second kappa shape index (κ2) is 8.46. The Labute approximate surface area is 169 Å². The number of nitrogens with one attached hydrogen (secondary N) is 2. The maximum absolute atomic E-state index is 12.8. The van der Waals surface area contributed by atoms with Crippen LogP contribution in [0.25, 0.3) is 4.85 Å². The van der Waals surface area contributed by atoms with E-state index in [0.29, 0.717) is 17.1 Å². The summed E-state index contributed by atoms with van der Waals surface area (Å²) in [6.07, 6.45) is 0. The maximum Gasteiger partial charge on any atom is 0.323 e. The summed E-state index contributed by atoms with van der Waals surface area (Å²) in [5.74, 6) is 0. The minimum absolute atomic E-state index is 0.0398. The molecule has 2 N–H and O–H groups in total. The van der Waals surface area contributed by atoms with E-state index >= 15 is 0 Å². The predicted octanol–water partition coefficient (Wildman–Crippen LogP) is 4.71. The van der Waals surface area contributed by atoms with Crippen LogP contribution in [0.3, 0.4) is 0 Å². The third-order valence-electron chi connectivity index (χ3n) is 4.13. The first-order valence-electron chi connectivity index (χ1n) is 8.60. The van der Waals surface area contributed by atoms with Gasteiger partial charge in [0.1, 0.15) is 0 Å². The van der Waals surface area contributed by atoms with E-state index in [-0.39, 0.29) is 10.6 Å². The molecule has 0 unspecified atom stereocenters. The molecule has 7 nitrogen and oxygen atoms in total. The molecule has 0 aromatic heterocycles. The van der Waals surface area contributed by atoms with E-state index in [1.165, 1.54) is 25.2 Å². The zero-order valence-corrected chi connectivity index (χ0v) is 16.3. The Kier molecular flexibility index (Phi) is 5.81. The molecule has 0 bridgehead atoms. The average Bonchev–Trinajstić information content (AvgIpc) is 2.74. The normalized spacial score (nSPS) is 10.6. The number of amides is 2. The molecule has 0 aliphatic carbocycles. The number of urea groups is 1. The molecule has 29 heavy (non-hydrogen) atoms. The van der Waals surface area contributed by atoms with E-state index in [1.54, 1.807) is 42.5 Å². The molecule has 0 heterocycles. The van der Waals surface area contributed by atoms with E-state index in [2.05, 4.69) is 15.5 Å². The van der Waals surface area contributed by atoms with Crippen molar-refractivity contribution in [2.24, 2.45) is 0 Å². The van der Waals surface area contributed by atoms with Gasteiger partial charge in [0.25, 0.3) is 10.0 Å². The lowest BCUT2D eigenvalue weighted by Crippen LogP contribution is -2.26. The van der Waals surface area contributed by atoms with Crippen molar-refractivity contribution in [1.29, 1.82) is 0 Å². The van der Waals surface area contributed by atoms with Crippen molar-refractivity contribution >= 4 is 38.8 Å². The first-order chi connectivity index (χ1) is 13.9. The fourth-order valence-electron chi connectivity index (χ4n) is 2.58. The lowest BCUT2D eigenvalue weighted by molar-refractivity contribution is 0.262. The molecule has 0 fully saturated rings. The van der Waals surface area contributed by atoms with Gasteiger partial charge in [0.05, 0.1) is 17.2 Å². The van der Waals surface area contributed by atoms with E-state index in [9.17, 15) is 13.2 Å². The second-order valence-corrected chi connectivity index (χ2v) is 8.04. The van der Waals surface area contributed by atoms with Gasteiger partial charge in [-0.05, 0) is 48.5 Å². The largest absolute Gasteiger partial charge is 0.323 e. The van der Waals surface area contributed by atoms with Gasteiger partial charge in [0, 0.05) is 18.4 Å². The van der Waals surface area contributed by atoms with E-state index in [0.717, 1.165) is 4.31 Å². The number of sulfonamides is 1. The molecule has 0 aliphatic rings. The van der Waals surface area contributed by atoms with Crippen molar-refractivity contribution in [3.05, 3.63) is 90.3 Å². The zero-order chi connectivity index (χ0) is 20.9. The summed E-state index contributed by atoms with van der Waals surface area (Å²) >= 11 is 0. The van der Waals surface area contributed by atoms with Crippen LogP contribution in [-0.4, -0.2) is 21.5 Å². The molecular weight excluding hydrogens is 388 g/mol. The molecule has 0 atom stereocenters. The fourth-order valence-corrected chi connectivity index (χ4v) is 3.82. The van der Waals surface area contributed by atoms with Gasteiger partial charge in [-0.25, -0.2) is 18.1 Å². The Hall–Kier alpha value is -3.83. The van der Waals surface area contributed by atoms with Crippen LogP contribution in [0, 0.1) is 6.57 Å². The van der Waals surface area contributed by atoms with E-state index in [1.807, 2.05) is 18.2 Å². The molecule has 3 aromatic carbocycles. The number of benzene rings is 3. The van der Waals surface area contributed by atoms with Crippen LogP contribution < -0.4 is 14.9 Å². The second-order valence-electron chi connectivity index (χ2n) is 6.07. The number of anilines is 3. The van der Waals surface area contributed by atoms with Crippen LogP contribution in [0.4, 0.5) is 27.5 Å². The number of carbonyl (C=O) groups is 1. The molecule has 3 aromatic rings. The Morgan fingerprint density at radius 3 is 2.14 bits per heavy atom. The van der Waals surface area contributed by atoms with Crippen LogP contribution in [-0.2, 0) is 10.0 Å². The quantitative estimate of drug-likeness (QED) is 0.602. The smallest absolute Gasteiger partial charge is 0.308 e. The number of nitrogens with zero attached hydrogens (tertiary/aromatic N) is 2. The van der Waals surface area contributed by atoms with E-state index < -0.39 is 16.1 Å². The highest BCUT2D eigenvalue weighted by Gasteiger charge is 2.21. The standard InChI is InChI=1S/C21H18N4O3S/c1-22-18-9-6-10-20(15-18)29(27,28)25(2)19-13-11-17(12-14-19)24-21(26)23-16-7-4-3-5-8-16/h3-15H,2H3,(H2,23,24,26). The molecule has 0 aliphatic heterocycles. The summed E-state index contributed by atoms with van der Waals surface area (Å²) in [5, 5.41) is 5.39. The summed E-state index contributed by atoms with van der Waals surface area (Å²) in [6, 6.07) is 20.9. The molecule has 0 radical (unpaired) electrons. The number of carbonyl (C=O) groups excluding carboxylic acids is 1. The third-order valence-corrected chi connectivity index (χ3v) is 5.91. The first kappa shape index (κ1) is 19.9. The van der Waals surface area contributed by atoms with Crippen molar-refractivity contribution in [1.82, 2.24) is 0 Å². The number of para-hydroxylation sites is 1. The number of hydrogen-bond acceptors (Lipinski definition) is 3. The van der Waals surface area contributed by atoms with Crippen LogP contribution in [0.2, 0.25) is 0 Å². The monoisotopic (exact) mass is 406 g/mol. The molecule has 0 spiro atoms.